The lowest BCUT2D eigenvalue weighted by molar-refractivity contribution is 0.153. The molecule has 1 aliphatic rings. The van der Waals surface area contributed by atoms with Crippen LogP contribution in [-0.4, -0.2) is 31.1 Å². The average molecular weight is 411 g/mol. The van der Waals surface area contributed by atoms with Crippen LogP contribution in [0.4, 0.5) is 0 Å². The Kier molecular flexibility index (Phi) is 10.8. The molecule has 0 amide bonds. The van der Waals surface area contributed by atoms with Gasteiger partial charge >= 0.3 is 0 Å². The fourth-order valence-corrected chi connectivity index (χ4v) is 3.49. The maximum Gasteiger partial charge on any atom is 0.120 e. The van der Waals surface area contributed by atoms with Gasteiger partial charge in [-0.05, 0) is 35.6 Å². The highest BCUT2D eigenvalue weighted by molar-refractivity contribution is 5.85. The van der Waals surface area contributed by atoms with E-state index in [0.717, 1.165) is 31.9 Å². The van der Waals surface area contributed by atoms with Crippen LogP contribution in [0.1, 0.15) is 37.4 Å². The van der Waals surface area contributed by atoms with Crippen molar-refractivity contribution in [2.75, 3.05) is 26.2 Å². The van der Waals surface area contributed by atoms with Crippen LogP contribution in [-0.2, 0) is 6.61 Å². The van der Waals surface area contributed by atoms with Crippen molar-refractivity contribution in [1.82, 2.24) is 10.2 Å². The number of hydrogen-bond acceptors (Lipinski definition) is 3. The first-order valence-electron chi connectivity index (χ1n) is 9.44. The van der Waals surface area contributed by atoms with Gasteiger partial charge < -0.3 is 10.1 Å². The van der Waals surface area contributed by atoms with E-state index in [-0.39, 0.29) is 24.8 Å². The van der Waals surface area contributed by atoms with Gasteiger partial charge in [-0.25, -0.2) is 0 Å². The molecule has 1 N–H and O–H groups in total. The predicted molar refractivity (Wildman–Crippen MR) is 118 cm³/mol. The summed E-state index contributed by atoms with van der Waals surface area (Å²) in [5.74, 6) is 1.64. The van der Waals surface area contributed by atoms with Crippen molar-refractivity contribution in [3.8, 4) is 5.75 Å². The number of rotatable bonds is 7. The molecule has 2 aromatic carbocycles. The van der Waals surface area contributed by atoms with Gasteiger partial charge in [-0.1, -0.05) is 56.3 Å². The van der Waals surface area contributed by atoms with E-state index in [1.807, 2.05) is 6.07 Å². The van der Waals surface area contributed by atoms with Crippen LogP contribution in [0.2, 0.25) is 0 Å². The van der Waals surface area contributed by atoms with Crippen molar-refractivity contribution in [2.24, 2.45) is 5.92 Å². The third kappa shape index (κ3) is 7.34. The number of hydrogen-bond donors (Lipinski definition) is 1. The van der Waals surface area contributed by atoms with Gasteiger partial charge in [-0.2, -0.15) is 0 Å². The molecule has 1 saturated heterocycles. The highest BCUT2D eigenvalue weighted by Gasteiger charge is 2.23. The normalized spacial score (nSPS) is 15.5. The second kappa shape index (κ2) is 12.2. The van der Waals surface area contributed by atoms with Gasteiger partial charge in [-0.15, -0.1) is 24.8 Å². The highest BCUT2D eigenvalue weighted by Crippen LogP contribution is 2.30. The Balaban J connectivity index is 0.00000182. The fourth-order valence-electron chi connectivity index (χ4n) is 3.49. The molecule has 0 radical (unpaired) electrons. The molecular weight excluding hydrogens is 379 g/mol. The zero-order valence-corrected chi connectivity index (χ0v) is 17.9. The number of ether oxygens (including phenoxy) is 1. The van der Waals surface area contributed by atoms with Crippen LogP contribution < -0.4 is 10.1 Å². The molecule has 0 aliphatic carbocycles. The van der Waals surface area contributed by atoms with E-state index >= 15 is 0 Å². The van der Waals surface area contributed by atoms with Crippen LogP contribution in [0.3, 0.4) is 0 Å². The Hall–Kier alpha value is -1.26. The Bertz CT molecular complexity index is 646. The first-order valence-corrected chi connectivity index (χ1v) is 9.44. The monoisotopic (exact) mass is 410 g/mol. The van der Waals surface area contributed by atoms with E-state index in [2.05, 4.69) is 72.6 Å². The smallest absolute Gasteiger partial charge is 0.120 e. The second-order valence-corrected chi connectivity index (χ2v) is 7.28. The van der Waals surface area contributed by atoms with Gasteiger partial charge in [0.1, 0.15) is 12.4 Å². The third-order valence-corrected chi connectivity index (χ3v) is 4.78. The second-order valence-electron chi connectivity index (χ2n) is 7.28. The van der Waals surface area contributed by atoms with E-state index in [1.54, 1.807) is 0 Å². The first kappa shape index (κ1) is 23.8. The van der Waals surface area contributed by atoms with Gasteiger partial charge in [0.2, 0.25) is 0 Å². The van der Waals surface area contributed by atoms with E-state index in [4.69, 9.17) is 4.74 Å². The Morgan fingerprint density at radius 1 is 0.963 bits per heavy atom. The Labute approximate surface area is 176 Å². The van der Waals surface area contributed by atoms with Crippen molar-refractivity contribution in [3.05, 3.63) is 65.7 Å². The molecule has 27 heavy (non-hydrogen) atoms. The molecule has 150 valence electrons. The maximum absolute atomic E-state index is 6.04. The summed E-state index contributed by atoms with van der Waals surface area (Å²) in [5, 5.41) is 3.46. The van der Waals surface area contributed by atoms with Gasteiger partial charge in [-0.3, -0.25) is 4.90 Å². The minimum Gasteiger partial charge on any atom is -0.489 e. The van der Waals surface area contributed by atoms with Gasteiger partial charge in [0.05, 0.1) is 0 Å². The van der Waals surface area contributed by atoms with Crippen molar-refractivity contribution in [3.63, 3.8) is 0 Å². The summed E-state index contributed by atoms with van der Waals surface area (Å²) >= 11 is 0. The molecule has 2 aromatic rings. The molecule has 3 nitrogen and oxygen atoms in total. The Morgan fingerprint density at radius 3 is 2.33 bits per heavy atom. The van der Waals surface area contributed by atoms with Crippen LogP contribution >= 0.6 is 24.8 Å². The number of piperazine rings is 1. The van der Waals surface area contributed by atoms with Crippen LogP contribution in [0, 0.1) is 5.92 Å². The lowest BCUT2D eigenvalue weighted by Crippen LogP contribution is -2.45. The summed E-state index contributed by atoms with van der Waals surface area (Å²) in [6.45, 7) is 9.64. The minimum absolute atomic E-state index is 0. The third-order valence-electron chi connectivity index (χ3n) is 4.78. The number of halogens is 2. The summed E-state index contributed by atoms with van der Waals surface area (Å²) < 4.78 is 6.04. The molecule has 0 bridgehead atoms. The molecule has 0 spiro atoms. The summed E-state index contributed by atoms with van der Waals surface area (Å²) in [4.78, 5) is 2.62. The quantitative estimate of drug-likeness (QED) is 0.686. The number of benzene rings is 2. The number of nitrogens with zero attached hydrogens (tertiary/aromatic N) is 1. The minimum atomic E-state index is 0. The lowest BCUT2D eigenvalue weighted by Gasteiger charge is -2.36. The van der Waals surface area contributed by atoms with Gasteiger partial charge in [0, 0.05) is 32.2 Å². The molecule has 0 unspecified atom stereocenters. The van der Waals surface area contributed by atoms with Crippen molar-refractivity contribution in [1.29, 1.82) is 0 Å². The van der Waals surface area contributed by atoms with E-state index in [1.165, 1.54) is 17.5 Å². The van der Waals surface area contributed by atoms with E-state index in [0.29, 0.717) is 18.6 Å². The maximum atomic E-state index is 6.04. The fraction of sp³-hybridized carbons (Fsp3) is 0.455. The Morgan fingerprint density at radius 2 is 1.67 bits per heavy atom. The van der Waals surface area contributed by atoms with Crippen LogP contribution in [0.15, 0.2) is 54.6 Å². The summed E-state index contributed by atoms with van der Waals surface area (Å²) in [6.07, 6.45) is 1.18. The first-order chi connectivity index (χ1) is 12.2. The standard InChI is InChI=1S/C22H30N2O.2ClH/c1-18(2)15-22(24-13-11-23-12-14-24)20-9-6-10-21(16-20)25-17-19-7-4-3-5-8-19;;/h3-10,16,18,22-23H,11-15,17H2,1-2H3;2*1H/t22-;;/m1../s1. The average Bonchev–Trinajstić information content (AvgIpc) is 2.66. The molecule has 5 heteroatoms. The SMILES string of the molecule is CC(C)C[C@H](c1cccc(OCc2ccccc2)c1)N1CCNCC1.Cl.Cl. The van der Waals surface area contributed by atoms with Crippen LogP contribution in [0.25, 0.3) is 0 Å². The zero-order valence-electron chi connectivity index (χ0n) is 16.3. The van der Waals surface area contributed by atoms with Gasteiger partial charge in [0.25, 0.3) is 0 Å². The van der Waals surface area contributed by atoms with Crippen LogP contribution in [0.5, 0.6) is 5.75 Å². The summed E-state index contributed by atoms with van der Waals surface area (Å²) in [6, 6.07) is 19.5. The van der Waals surface area contributed by atoms with E-state index in [9.17, 15) is 0 Å². The molecule has 3 rings (SSSR count). The molecule has 1 heterocycles. The van der Waals surface area contributed by atoms with Crippen molar-refractivity contribution in [2.45, 2.75) is 32.9 Å². The highest BCUT2D eigenvalue weighted by atomic mass is 35.5. The topological polar surface area (TPSA) is 24.5 Å². The van der Waals surface area contributed by atoms with E-state index < -0.39 is 0 Å². The summed E-state index contributed by atoms with van der Waals surface area (Å²) in [7, 11) is 0. The molecule has 0 aromatic heterocycles. The zero-order chi connectivity index (χ0) is 17.5. The summed E-state index contributed by atoms with van der Waals surface area (Å²) in [5.41, 5.74) is 2.58. The largest absolute Gasteiger partial charge is 0.489 e. The molecule has 0 saturated carbocycles. The molecule has 1 atom stereocenters. The molecule has 1 fully saturated rings. The lowest BCUT2D eigenvalue weighted by atomic mass is 9.95. The van der Waals surface area contributed by atoms with Crippen molar-refractivity contribution < 1.29 is 4.74 Å². The molecule has 1 aliphatic heterocycles. The predicted octanol–water partition coefficient (Wildman–Crippen LogP) is 5.10. The number of nitrogens with one attached hydrogen (secondary N) is 1. The van der Waals surface area contributed by atoms with Gasteiger partial charge in [0.15, 0.2) is 0 Å². The molecular formula is C22H32Cl2N2O. The van der Waals surface area contributed by atoms with Crippen molar-refractivity contribution >= 4 is 24.8 Å².